The van der Waals surface area contributed by atoms with E-state index in [0.717, 1.165) is 19.3 Å². The predicted molar refractivity (Wildman–Crippen MR) is 74.2 cm³/mol. The Morgan fingerprint density at radius 1 is 1.11 bits per heavy atom. The molecule has 0 aliphatic carbocycles. The predicted octanol–water partition coefficient (Wildman–Crippen LogP) is 1.74. The van der Waals surface area contributed by atoms with Gasteiger partial charge in [-0.15, -0.1) is 12.4 Å². The summed E-state index contributed by atoms with van der Waals surface area (Å²) in [5.74, 6) is 0. The quantitative estimate of drug-likeness (QED) is 0.922. The molecule has 0 amide bonds. The molecule has 1 aromatic carbocycles. The lowest BCUT2D eigenvalue weighted by Crippen LogP contribution is -2.36. The van der Waals surface area contributed by atoms with Crippen LogP contribution in [-0.4, -0.2) is 25.8 Å². The van der Waals surface area contributed by atoms with Gasteiger partial charge in [-0.2, -0.15) is 4.31 Å². The van der Waals surface area contributed by atoms with Crippen molar-refractivity contribution in [3.63, 3.8) is 0 Å². The average Bonchev–Trinajstić information content (AvgIpc) is 2.39. The van der Waals surface area contributed by atoms with Gasteiger partial charge < -0.3 is 5.73 Å². The molecule has 2 N–H and O–H groups in total. The minimum atomic E-state index is -3.35. The number of rotatable bonds is 3. The highest BCUT2D eigenvalue weighted by Crippen LogP contribution is 2.23. The van der Waals surface area contributed by atoms with Gasteiger partial charge in [-0.25, -0.2) is 8.42 Å². The van der Waals surface area contributed by atoms with Gasteiger partial charge in [0, 0.05) is 19.6 Å². The van der Waals surface area contributed by atoms with E-state index in [1.165, 1.54) is 0 Å². The van der Waals surface area contributed by atoms with Crippen LogP contribution < -0.4 is 5.73 Å². The molecule has 0 radical (unpaired) electrons. The number of hydrogen-bond acceptors (Lipinski definition) is 3. The lowest BCUT2D eigenvalue weighted by atomic mass is 10.2. The summed E-state index contributed by atoms with van der Waals surface area (Å²) in [6, 6.07) is 6.98. The Kier molecular flexibility index (Phi) is 5.59. The minimum absolute atomic E-state index is 0. The van der Waals surface area contributed by atoms with Crippen LogP contribution in [0.25, 0.3) is 0 Å². The summed E-state index contributed by atoms with van der Waals surface area (Å²) < 4.78 is 26.4. The van der Waals surface area contributed by atoms with E-state index in [-0.39, 0.29) is 19.0 Å². The van der Waals surface area contributed by atoms with Crippen molar-refractivity contribution in [1.82, 2.24) is 4.31 Å². The molecule has 1 aromatic rings. The monoisotopic (exact) mass is 290 g/mol. The fourth-order valence-electron chi connectivity index (χ4n) is 2.17. The Morgan fingerprint density at radius 2 is 1.72 bits per heavy atom. The second-order valence-corrected chi connectivity index (χ2v) is 6.18. The van der Waals surface area contributed by atoms with Crippen LogP contribution in [-0.2, 0) is 16.6 Å². The van der Waals surface area contributed by atoms with E-state index in [4.69, 9.17) is 5.73 Å². The van der Waals surface area contributed by atoms with E-state index in [9.17, 15) is 8.42 Å². The third-order valence-corrected chi connectivity index (χ3v) is 5.12. The lowest BCUT2D eigenvalue weighted by Gasteiger charge is -2.26. The van der Waals surface area contributed by atoms with Crippen molar-refractivity contribution in [2.75, 3.05) is 13.1 Å². The molecule has 0 unspecified atom stereocenters. The molecular formula is C12H19ClN2O2S. The first kappa shape index (κ1) is 15.4. The Hall–Kier alpha value is -0.620. The van der Waals surface area contributed by atoms with Crippen LogP contribution in [0.4, 0.5) is 0 Å². The summed E-state index contributed by atoms with van der Waals surface area (Å²) >= 11 is 0. The Balaban J connectivity index is 0.00000162. The highest BCUT2D eigenvalue weighted by molar-refractivity contribution is 7.89. The molecule has 0 bridgehead atoms. The second kappa shape index (κ2) is 6.52. The smallest absolute Gasteiger partial charge is 0.243 e. The summed E-state index contributed by atoms with van der Waals surface area (Å²) in [5.41, 5.74) is 6.29. The van der Waals surface area contributed by atoms with Gasteiger partial charge in [0.1, 0.15) is 0 Å². The van der Waals surface area contributed by atoms with Crippen molar-refractivity contribution in [2.24, 2.45) is 5.73 Å². The Morgan fingerprint density at radius 3 is 2.33 bits per heavy atom. The van der Waals surface area contributed by atoms with Gasteiger partial charge in [0.2, 0.25) is 10.0 Å². The zero-order valence-corrected chi connectivity index (χ0v) is 11.8. The van der Waals surface area contributed by atoms with Crippen molar-refractivity contribution in [1.29, 1.82) is 0 Å². The average molecular weight is 291 g/mol. The molecule has 1 aliphatic rings. The van der Waals surface area contributed by atoms with Crippen LogP contribution in [0, 0.1) is 0 Å². The van der Waals surface area contributed by atoms with E-state index in [0.29, 0.717) is 23.5 Å². The van der Waals surface area contributed by atoms with Gasteiger partial charge in [0.05, 0.1) is 4.90 Å². The number of halogens is 1. The van der Waals surface area contributed by atoms with E-state index in [1.807, 2.05) is 6.07 Å². The molecule has 0 atom stereocenters. The third kappa shape index (κ3) is 3.03. The SMILES string of the molecule is Cl.NCc1ccccc1S(=O)(=O)N1CCCCC1. The summed E-state index contributed by atoms with van der Waals surface area (Å²) in [6.07, 6.45) is 3.01. The lowest BCUT2D eigenvalue weighted by molar-refractivity contribution is 0.346. The molecule has 0 saturated carbocycles. The Bertz CT molecular complexity index is 485. The van der Waals surface area contributed by atoms with Gasteiger partial charge >= 0.3 is 0 Å². The molecule has 18 heavy (non-hydrogen) atoms. The zero-order chi connectivity index (χ0) is 12.3. The highest BCUT2D eigenvalue weighted by Gasteiger charge is 2.27. The van der Waals surface area contributed by atoms with Crippen LogP contribution in [0.3, 0.4) is 0 Å². The van der Waals surface area contributed by atoms with Gasteiger partial charge in [0.25, 0.3) is 0 Å². The molecule has 1 heterocycles. The molecule has 6 heteroatoms. The van der Waals surface area contributed by atoms with E-state index in [1.54, 1.807) is 22.5 Å². The van der Waals surface area contributed by atoms with Gasteiger partial charge in [0.15, 0.2) is 0 Å². The van der Waals surface area contributed by atoms with Crippen LogP contribution >= 0.6 is 12.4 Å². The van der Waals surface area contributed by atoms with Crippen molar-refractivity contribution >= 4 is 22.4 Å². The summed E-state index contributed by atoms with van der Waals surface area (Å²) in [5, 5.41) is 0. The normalized spacial score (nSPS) is 17.2. The van der Waals surface area contributed by atoms with E-state index >= 15 is 0 Å². The standard InChI is InChI=1S/C12H18N2O2S.ClH/c13-10-11-6-2-3-7-12(11)17(15,16)14-8-4-1-5-9-14;/h2-3,6-7H,1,4-5,8-10,13H2;1H. The molecular weight excluding hydrogens is 272 g/mol. The van der Waals surface area contributed by atoms with Crippen LogP contribution in [0.2, 0.25) is 0 Å². The summed E-state index contributed by atoms with van der Waals surface area (Å²) in [6.45, 7) is 1.51. The van der Waals surface area contributed by atoms with Gasteiger partial charge in [-0.1, -0.05) is 24.6 Å². The van der Waals surface area contributed by atoms with Crippen molar-refractivity contribution in [3.05, 3.63) is 29.8 Å². The number of hydrogen-bond donors (Lipinski definition) is 1. The molecule has 1 saturated heterocycles. The summed E-state index contributed by atoms with van der Waals surface area (Å²) in [7, 11) is -3.35. The molecule has 2 rings (SSSR count). The van der Waals surface area contributed by atoms with Crippen molar-refractivity contribution in [3.8, 4) is 0 Å². The molecule has 0 spiro atoms. The third-order valence-electron chi connectivity index (χ3n) is 3.13. The second-order valence-electron chi connectivity index (χ2n) is 4.28. The maximum atomic E-state index is 12.4. The molecule has 1 aliphatic heterocycles. The number of nitrogens with two attached hydrogens (primary N) is 1. The molecule has 4 nitrogen and oxygen atoms in total. The highest BCUT2D eigenvalue weighted by atomic mass is 35.5. The maximum absolute atomic E-state index is 12.4. The number of sulfonamides is 1. The van der Waals surface area contributed by atoms with Crippen LogP contribution in [0.15, 0.2) is 29.2 Å². The Labute approximate surface area is 115 Å². The van der Waals surface area contributed by atoms with Gasteiger partial charge in [-0.05, 0) is 24.5 Å². The number of piperidine rings is 1. The van der Waals surface area contributed by atoms with Gasteiger partial charge in [-0.3, -0.25) is 0 Å². The first-order valence-electron chi connectivity index (χ1n) is 5.94. The molecule has 1 fully saturated rings. The fourth-order valence-corrected chi connectivity index (χ4v) is 3.92. The van der Waals surface area contributed by atoms with Crippen LogP contribution in [0.5, 0.6) is 0 Å². The number of nitrogens with zero attached hydrogens (tertiary/aromatic N) is 1. The van der Waals surface area contributed by atoms with Crippen molar-refractivity contribution in [2.45, 2.75) is 30.7 Å². The minimum Gasteiger partial charge on any atom is -0.326 e. The topological polar surface area (TPSA) is 63.4 Å². The van der Waals surface area contributed by atoms with Crippen molar-refractivity contribution < 1.29 is 8.42 Å². The molecule has 102 valence electrons. The largest absolute Gasteiger partial charge is 0.326 e. The first-order valence-corrected chi connectivity index (χ1v) is 7.38. The van der Waals surface area contributed by atoms with Crippen LogP contribution in [0.1, 0.15) is 24.8 Å². The first-order chi connectivity index (χ1) is 8.16. The molecule has 0 aromatic heterocycles. The zero-order valence-electron chi connectivity index (χ0n) is 10.2. The summed E-state index contributed by atoms with van der Waals surface area (Å²) in [4.78, 5) is 0.365. The number of benzene rings is 1. The van der Waals surface area contributed by atoms with E-state index < -0.39 is 10.0 Å². The van der Waals surface area contributed by atoms with E-state index in [2.05, 4.69) is 0 Å². The fraction of sp³-hybridized carbons (Fsp3) is 0.500. The maximum Gasteiger partial charge on any atom is 0.243 e.